The third-order valence-electron chi connectivity index (χ3n) is 8.30. The van der Waals surface area contributed by atoms with Gasteiger partial charge in [0.05, 0.1) is 52.7 Å². The molecule has 0 atom stereocenters. The predicted octanol–water partition coefficient (Wildman–Crippen LogP) is 4.47. The van der Waals surface area contributed by atoms with E-state index < -0.39 is 23.6 Å². The van der Waals surface area contributed by atoms with E-state index in [1.54, 1.807) is 24.3 Å². The van der Waals surface area contributed by atoms with Crippen molar-refractivity contribution in [1.29, 1.82) is 0 Å². The fraction of sp³-hybridized carbons (Fsp3) is 0.250. The van der Waals surface area contributed by atoms with Gasteiger partial charge in [0.15, 0.2) is 0 Å². The first-order valence-electron chi connectivity index (χ1n) is 14.0. The molecular formula is C32H24Br2N2O8. The average molecular weight is 724 g/mol. The summed E-state index contributed by atoms with van der Waals surface area (Å²) >= 11 is 7.42. The van der Waals surface area contributed by atoms with Crippen LogP contribution in [0.1, 0.15) is 41.4 Å². The number of nitrogens with zero attached hydrogens (tertiary/aromatic N) is 2. The molecule has 2 aliphatic rings. The van der Waals surface area contributed by atoms with Crippen LogP contribution in [-0.4, -0.2) is 96.4 Å². The molecule has 224 valence electrons. The monoisotopic (exact) mass is 722 g/mol. The normalized spacial score (nSPS) is 14.9. The minimum Gasteiger partial charge on any atom is -0.394 e. The number of carbonyl (C=O) groups is 4. The molecule has 5 aromatic carbocycles. The molecule has 2 heterocycles. The molecule has 10 nitrogen and oxygen atoms in total. The number of halogens is 2. The van der Waals surface area contributed by atoms with Crippen LogP contribution in [-0.2, 0) is 9.47 Å². The first kappa shape index (κ1) is 29.2. The maximum absolute atomic E-state index is 13.7. The molecule has 0 bridgehead atoms. The van der Waals surface area contributed by atoms with E-state index in [4.69, 9.17) is 19.7 Å². The van der Waals surface area contributed by atoms with Gasteiger partial charge in [-0.2, -0.15) is 0 Å². The number of aliphatic hydroxyl groups is 2. The van der Waals surface area contributed by atoms with Gasteiger partial charge in [0.25, 0.3) is 23.6 Å². The minimum atomic E-state index is -0.439. The number of hydrogen-bond donors (Lipinski definition) is 2. The highest BCUT2D eigenvalue weighted by atomic mass is 79.9. The summed E-state index contributed by atoms with van der Waals surface area (Å²) in [5.41, 5.74) is 1.54. The van der Waals surface area contributed by atoms with Gasteiger partial charge in [-0.05, 0) is 40.4 Å². The molecule has 0 aromatic heterocycles. The number of amides is 4. The Morgan fingerprint density at radius 1 is 0.523 bits per heavy atom. The summed E-state index contributed by atoms with van der Waals surface area (Å²) in [6.45, 7) is 0.205. The second kappa shape index (κ2) is 11.1. The first-order chi connectivity index (χ1) is 21.3. The van der Waals surface area contributed by atoms with Crippen LogP contribution >= 0.6 is 31.9 Å². The average Bonchev–Trinajstić information content (AvgIpc) is 3.01. The second-order valence-corrected chi connectivity index (χ2v) is 12.3. The molecule has 0 unspecified atom stereocenters. The number of aliphatic hydroxyl groups excluding tert-OH is 2. The molecule has 0 aliphatic carbocycles. The van der Waals surface area contributed by atoms with Gasteiger partial charge in [-0.15, -0.1) is 0 Å². The molecule has 5 aromatic rings. The van der Waals surface area contributed by atoms with Crippen LogP contribution in [0.3, 0.4) is 0 Å². The van der Waals surface area contributed by atoms with E-state index >= 15 is 0 Å². The first-order valence-corrected chi connectivity index (χ1v) is 15.6. The van der Waals surface area contributed by atoms with Crippen LogP contribution in [0.15, 0.2) is 45.3 Å². The van der Waals surface area contributed by atoms with Gasteiger partial charge in [-0.25, -0.2) is 0 Å². The Balaban J connectivity index is 1.46. The van der Waals surface area contributed by atoms with Gasteiger partial charge in [0.1, 0.15) is 0 Å². The molecule has 0 spiro atoms. The molecule has 0 saturated heterocycles. The van der Waals surface area contributed by atoms with Gasteiger partial charge >= 0.3 is 0 Å². The van der Waals surface area contributed by atoms with E-state index in [0.717, 1.165) is 37.2 Å². The number of imide groups is 2. The van der Waals surface area contributed by atoms with Crippen LogP contribution in [0.4, 0.5) is 0 Å². The highest BCUT2D eigenvalue weighted by Crippen LogP contribution is 2.50. The lowest BCUT2D eigenvalue weighted by Gasteiger charge is -2.30. The van der Waals surface area contributed by atoms with Crippen molar-refractivity contribution >= 4 is 98.6 Å². The van der Waals surface area contributed by atoms with Crippen molar-refractivity contribution in [2.45, 2.75) is 0 Å². The van der Waals surface area contributed by atoms with E-state index in [1.807, 2.05) is 12.1 Å². The van der Waals surface area contributed by atoms with Gasteiger partial charge < -0.3 is 19.7 Å². The number of benzene rings is 5. The van der Waals surface area contributed by atoms with E-state index in [1.165, 1.54) is 4.90 Å². The second-order valence-electron chi connectivity index (χ2n) is 10.6. The summed E-state index contributed by atoms with van der Waals surface area (Å²) in [7, 11) is 0. The molecule has 7 rings (SSSR count). The summed E-state index contributed by atoms with van der Waals surface area (Å²) < 4.78 is 11.9. The summed E-state index contributed by atoms with van der Waals surface area (Å²) in [5, 5.41) is 23.6. The topological polar surface area (TPSA) is 134 Å². The summed E-state index contributed by atoms with van der Waals surface area (Å²) in [4.78, 5) is 56.9. The molecule has 0 saturated carbocycles. The zero-order valence-electron chi connectivity index (χ0n) is 23.1. The Kier molecular flexibility index (Phi) is 7.39. The van der Waals surface area contributed by atoms with E-state index in [9.17, 15) is 19.2 Å². The Hall–Kier alpha value is -3.52. The fourth-order valence-electron chi connectivity index (χ4n) is 6.52. The Bertz CT molecular complexity index is 1950. The lowest BCUT2D eigenvalue weighted by molar-refractivity contribution is 0.0467. The molecular weight excluding hydrogens is 700 g/mol. The number of fused-ring (bicyclic) bond motifs is 2. The summed E-state index contributed by atoms with van der Waals surface area (Å²) in [6.07, 6.45) is 0. The molecule has 2 N–H and O–H groups in total. The fourth-order valence-corrected chi connectivity index (χ4v) is 7.80. The van der Waals surface area contributed by atoms with Crippen molar-refractivity contribution in [1.82, 2.24) is 9.80 Å². The van der Waals surface area contributed by atoms with Crippen molar-refractivity contribution in [3.8, 4) is 0 Å². The van der Waals surface area contributed by atoms with Crippen molar-refractivity contribution in [2.24, 2.45) is 0 Å². The van der Waals surface area contributed by atoms with Crippen LogP contribution in [0, 0.1) is 0 Å². The molecule has 2 aliphatic heterocycles. The van der Waals surface area contributed by atoms with Crippen LogP contribution in [0.5, 0.6) is 0 Å². The lowest BCUT2D eigenvalue weighted by Crippen LogP contribution is -2.42. The minimum absolute atomic E-state index is 0.0394. The zero-order chi connectivity index (χ0) is 30.9. The number of carbonyl (C=O) groups excluding carboxylic acids is 4. The van der Waals surface area contributed by atoms with E-state index in [-0.39, 0.29) is 52.7 Å². The maximum atomic E-state index is 13.7. The maximum Gasteiger partial charge on any atom is 0.261 e. The van der Waals surface area contributed by atoms with Crippen molar-refractivity contribution < 1.29 is 38.9 Å². The van der Waals surface area contributed by atoms with Crippen molar-refractivity contribution in [2.75, 3.05) is 52.7 Å². The quantitative estimate of drug-likeness (QED) is 0.0934. The Labute approximate surface area is 266 Å². The molecule has 0 radical (unpaired) electrons. The third kappa shape index (κ3) is 4.12. The van der Waals surface area contributed by atoms with Crippen LogP contribution in [0.2, 0.25) is 0 Å². The highest BCUT2D eigenvalue weighted by molar-refractivity contribution is 9.11. The van der Waals surface area contributed by atoms with Crippen LogP contribution in [0.25, 0.3) is 43.1 Å². The third-order valence-corrected chi connectivity index (χ3v) is 9.55. The predicted molar refractivity (Wildman–Crippen MR) is 170 cm³/mol. The Morgan fingerprint density at radius 2 is 0.932 bits per heavy atom. The molecule has 4 amide bonds. The van der Waals surface area contributed by atoms with Gasteiger partial charge in [-0.1, -0.05) is 44.0 Å². The molecule has 12 heteroatoms. The number of rotatable bonds is 10. The molecule has 44 heavy (non-hydrogen) atoms. The summed E-state index contributed by atoms with van der Waals surface area (Å²) in [5.74, 6) is -1.73. The van der Waals surface area contributed by atoms with Crippen molar-refractivity contribution in [3.63, 3.8) is 0 Å². The standard InChI is InChI=1S/C32H24Br2N2O8/c33-21-13-19-25-20(32(42)36(31(19)41)6-10-44-12-8-38)14-22(34)27-16-2-4-18-24-17(3-1-15(23(16)24)26(21)28(25)27)29(39)35(30(18)40)5-9-43-11-7-37/h1-4,13-14,37-38H,5-12H2. The molecule has 0 fully saturated rings. The van der Waals surface area contributed by atoms with Crippen LogP contribution < -0.4 is 0 Å². The zero-order valence-corrected chi connectivity index (χ0v) is 26.3. The Morgan fingerprint density at radius 3 is 1.36 bits per heavy atom. The SMILES string of the molecule is O=C1c2ccc3c4c(Br)cc5c6c(cc(Br)c(c7ccc(c2c37)C(=O)N1CCOCCO)c64)C(=O)N(CCOCCO)C5=O. The smallest absolute Gasteiger partial charge is 0.261 e. The summed E-state index contributed by atoms with van der Waals surface area (Å²) in [6, 6.07) is 10.6. The highest BCUT2D eigenvalue weighted by Gasteiger charge is 2.38. The number of hydrogen-bond acceptors (Lipinski definition) is 8. The van der Waals surface area contributed by atoms with Crippen molar-refractivity contribution in [3.05, 3.63) is 67.6 Å². The van der Waals surface area contributed by atoms with E-state index in [0.29, 0.717) is 42.0 Å². The largest absolute Gasteiger partial charge is 0.394 e. The van der Waals surface area contributed by atoms with Gasteiger partial charge in [0, 0.05) is 58.1 Å². The van der Waals surface area contributed by atoms with E-state index in [2.05, 4.69) is 31.9 Å². The van der Waals surface area contributed by atoms with Gasteiger partial charge in [0.2, 0.25) is 0 Å². The number of ether oxygens (including phenoxy) is 2. The lowest BCUT2D eigenvalue weighted by atomic mass is 9.82. The van der Waals surface area contributed by atoms with Gasteiger partial charge in [-0.3, -0.25) is 29.0 Å².